The first-order chi connectivity index (χ1) is 16.0. The number of carbonyl (C=O) groups is 1. The van der Waals surface area contributed by atoms with Gasteiger partial charge in [0.1, 0.15) is 18.4 Å². The van der Waals surface area contributed by atoms with Crippen molar-refractivity contribution in [3.63, 3.8) is 0 Å². The van der Waals surface area contributed by atoms with E-state index in [1.54, 1.807) is 23.0 Å². The number of nitriles is 1. The van der Waals surface area contributed by atoms with Gasteiger partial charge < -0.3 is 14.6 Å². The molecule has 4 rings (SSSR count). The number of fused-ring (bicyclic) bond motifs is 1. The van der Waals surface area contributed by atoms with E-state index in [4.69, 9.17) is 9.47 Å². The SMILES string of the molecule is COc1cc(-n2cc(CN(CCO)CCc3ccc4c(c3C)COC4=O)cn2)ccc1C#N. The van der Waals surface area contributed by atoms with Crippen molar-refractivity contribution < 1.29 is 19.4 Å². The van der Waals surface area contributed by atoms with Crippen LogP contribution in [-0.4, -0.2) is 52.6 Å². The zero-order valence-corrected chi connectivity index (χ0v) is 18.7. The van der Waals surface area contributed by atoms with Gasteiger partial charge in [0.25, 0.3) is 0 Å². The molecule has 2 heterocycles. The Kier molecular flexibility index (Phi) is 6.73. The minimum atomic E-state index is -0.251. The first-order valence-electron chi connectivity index (χ1n) is 10.8. The molecule has 2 aromatic carbocycles. The molecule has 1 aliphatic rings. The molecule has 170 valence electrons. The normalized spacial score (nSPS) is 12.5. The summed E-state index contributed by atoms with van der Waals surface area (Å²) in [5.74, 6) is 0.254. The van der Waals surface area contributed by atoms with Crippen LogP contribution in [0.4, 0.5) is 0 Å². The molecule has 0 radical (unpaired) electrons. The molecule has 0 spiro atoms. The van der Waals surface area contributed by atoms with E-state index in [1.807, 2.05) is 31.3 Å². The van der Waals surface area contributed by atoms with Gasteiger partial charge in [0.15, 0.2) is 0 Å². The predicted molar refractivity (Wildman–Crippen MR) is 121 cm³/mol. The molecule has 8 heteroatoms. The van der Waals surface area contributed by atoms with E-state index in [2.05, 4.69) is 16.1 Å². The highest BCUT2D eigenvalue weighted by atomic mass is 16.5. The second-order valence-electron chi connectivity index (χ2n) is 7.99. The lowest BCUT2D eigenvalue weighted by Crippen LogP contribution is -2.28. The van der Waals surface area contributed by atoms with Gasteiger partial charge in [-0.25, -0.2) is 9.48 Å². The van der Waals surface area contributed by atoms with Gasteiger partial charge in [0.2, 0.25) is 0 Å². The van der Waals surface area contributed by atoms with Gasteiger partial charge in [-0.05, 0) is 42.7 Å². The molecule has 3 aromatic rings. The Morgan fingerprint density at radius 1 is 1.30 bits per heavy atom. The van der Waals surface area contributed by atoms with Crippen LogP contribution in [0.5, 0.6) is 5.75 Å². The molecule has 0 atom stereocenters. The third kappa shape index (κ3) is 4.75. The topological polar surface area (TPSA) is 101 Å². The molecule has 0 bridgehead atoms. The molecule has 0 saturated carbocycles. The number of hydrogen-bond donors (Lipinski definition) is 1. The summed E-state index contributed by atoms with van der Waals surface area (Å²) < 4.78 is 12.2. The number of aliphatic hydroxyl groups is 1. The summed E-state index contributed by atoms with van der Waals surface area (Å²) in [6.07, 6.45) is 4.54. The van der Waals surface area contributed by atoms with Crippen LogP contribution in [-0.2, 0) is 24.3 Å². The van der Waals surface area contributed by atoms with Crippen LogP contribution in [0, 0.1) is 18.3 Å². The standard InChI is InChI=1S/C25H26N4O4/c1-17-19(4-6-22-23(17)16-33-25(22)31)7-8-28(9-10-30)14-18-13-27-29(15-18)21-5-3-20(12-26)24(11-21)32-2/h3-6,11,13,15,30H,7-10,14,16H2,1-2H3. The van der Waals surface area contributed by atoms with Gasteiger partial charge >= 0.3 is 5.97 Å². The van der Waals surface area contributed by atoms with Crippen molar-refractivity contribution in [1.29, 1.82) is 5.26 Å². The van der Waals surface area contributed by atoms with Crippen LogP contribution in [0.2, 0.25) is 0 Å². The molecule has 1 N–H and O–H groups in total. The molecule has 1 aromatic heterocycles. The van der Waals surface area contributed by atoms with E-state index in [9.17, 15) is 15.2 Å². The lowest BCUT2D eigenvalue weighted by atomic mass is 9.96. The molecule has 0 saturated heterocycles. The summed E-state index contributed by atoms with van der Waals surface area (Å²) >= 11 is 0. The molecule has 33 heavy (non-hydrogen) atoms. The summed E-state index contributed by atoms with van der Waals surface area (Å²) in [5.41, 5.74) is 6.20. The third-order valence-electron chi connectivity index (χ3n) is 6.00. The van der Waals surface area contributed by atoms with Gasteiger partial charge in [-0.15, -0.1) is 0 Å². The fourth-order valence-electron chi connectivity index (χ4n) is 4.11. The maximum Gasteiger partial charge on any atom is 0.338 e. The summed E-state index contributed by atoms with van der Waals surface area (Å²) in [6, 6.07) is 11.3. The molecule has 0 amide bonds. The zero-order chi connectivity index (χ0) is 23.4. The number of rotatable bonds is 9. The summed E-state index contributed by atoms with van der Waals surface area (Å²) in [7, 11) is 1.54. The summed E-state index contributed by atoms with van der Waals surface area (Å²) in [6.45, 7) is 4.37. The lowest BCUT2D eigenvalue weighted by molar-refractivity contribution is 0.0535. The van der Waals surface area contributed by atoms with Crippen LogP contribution in [0.3, 0.4) is 0 Å². The number of carbonyl (C=O) groups excluding carboxylic acids is 1. The van der Waals surface area contributed by atoms with E-state index in [0.29, 0.717) is 36.6 Å². The lowest BCUT2D eigenvalue weighted by Gasteiger charge is -2.21. The number of aliphatic hydroxyl groups excluding tert-OH is 1. The van der Waals surface area contributed by atoms with Crippen molar-refractivity contribution >= 4 is 5.97 Å². The number of hydrogen-bond acceptors (Lipinski definition) is 7. The van der Waals surface area contributed by atoms with Crippen LogP contribution in [0.15, 0.2) is 42.7 Å². The van der Waals surface area contributed by atoms with Gasteiger partial charge in [-0.2, -0.15) is 10.4 Å². The minimum Gasteiger partial charge on any atom is -0.495 e. The van der Waals surface area contributed by atoms with Gasteiger partial charge in [0.05, 0.1) is 36.7 Å². The first-order valence-corrected chi connectivity index (χ1v) is 10.8. The Morgan fingerprint density at radius 2 is 2.15 bits per heavy atom. The minimum absolute atomic E-state index is 0.0620. The van der Waals surface area contributed by atoms with Crippen molar-refractivity contribution in [3.05, 3.63) is 76.1 Å². The number of esters is 1. The van der Waals surface area contributed by atoms with Gasteiger partial charge in [0, 0.05) is 43.0 Å². The van der Waals surface area contributed by atoms with Crippen LogP contribution in [0.1, 0.15) is 38.2 Å². The monoisotopic (exact) mass is 446 g/mol. The predicted octanol–water partition coefficient (Wildman–Crippen LogP) is 2.77. The van der Waals surface area contributed by atoms with Crippen molar-refractivity contribution in [2.24, 2.45) is 0 Å². The zero-order valence-electron chi connectivity index (χ0n) is 18.7. The summed E-state index contributed by atoms with van der Waals surface area (Å²) in [5, 5.41) is 23.2. The highest BCUT2D eigenvalue weighted by molar-refractivity contribution is 5.93. The smallest absolute Gasteiger partial charge is 0.338 e. The maximum absolute atomic E-state index is 11.8. The van der Waals surface area contributed by atoms with Crippen LogP contribution in [0.25, 0.3) is 5.69 Å². The fourth-order valence-corrected chi connectivity index (χ4v) is 4.11. The Bertz CT molecular complexity index is 1210. The van der Waals surface area contributed by atoms with Crippen molar-refractivity contribution in [3.8, 4) is 17.5 Å². The first kappa shape index (κ1) is 22.5. The Morgan fingerprint density at radius 3 is 2.91 bits per heavy atom. The van der Waals surface area contributed by atoms with E-state index in [-0.39, 0.29) is 12.6 Å². The second-order valence-corrected chi connectivity index (χ2v) is 7.99. The molecule has 0 aliphatic carbocycles. The third-order valence-corrected chi connectivity index (χ3v) is 6.00. The average Bonchev–Trinajstić information content (AvgIpc) is 3.45. The molecule has 1 aliphatic heterocycles. The highest BCUT2D eigenvalue weighted by Crippen LogP contribution is 2.26. The molecule has 0 fully saturated rings. The summed E-state index contributed by atoms with van der Waals surface area (Å²) in [4.78, 5) is 13.9. The number of benzene rings is 2. The van der Waals surface area contributed by atoms with E-state index >= 15 is 0 Å². The molecular weight excluding hydrogens is 420 g/mol. The highest BCUT2D eigenvalue weighted by Gasteiger charge is 2.24. The van der Waals surface area contributed by atoms with E-state index in [1.165, 1.54) is 12.7 Å². The quantitative estimate of drug-likeness (QED) is 0.505. The molecule has 8 nitrogen and oxygen atoms in total. The number of methoxy groups -OCH3 is 1. The van der Waals surface area contributed by atoms with Crippen LogP contribution >= 0.6 is 0 Å². The van der Waals surface area contributed by atoms with Crippen molar-refractivity contribution in [2.75, 3.05) is 26.8 Å². The molecule has 0 unspecified atom stereocenters. The van der Waals surface area contributed by atoms with E-state index in [0.717, 1.165) is 35.3 Å². The Hall–Kier alpha value is -3.67. The van der Waals surface area contributed by atoms with Crippen molar-refractivity contribution in [1.82, 2.24) is 14.7 Å². The van der Waals surface area contributed by atoms with Gasteiger partial charge in [-0.3, -0.25) is 4.90 Å². The number of nitrogens with zero attached hydrogens (tertiary/aromatic N) is 4. The fraction of sp³-hybridized carbons (Fsp3) is 0.320. The largest absolute Gasteiger partial charge is 0.495 e. The number of aromatic nitrogens is 2. The van der Waals surface area contributed by atoms with Gasteiger partial charge in [-0.1, -0.05) is 6.07 Å². The average molecular weight is 447 g/mol. The Balaban J connectivity index is 1.45. The molecular formula is C25H26N4O4. The Labute approximate surface area is 192 Å². The second kappa shape index (κ2) is 9.86. The number of ether oxygens (including phenoxy) is 2. The van der Waals surface area contributed by atoms with Crippen LogP contribution < -0.4 is 4.74 Å². The maximum atomic E-state index is 11.8. The number of cyclic esters (lactones) is 1. The van der Waals surface area contributed by atoms with E-state index < -0.39 is 0 Å². The van der Waals surface area contributed by atoms with Crippen molar-refractivity contribution in [2.45, 2.75) is 26.5 Å².